The zero-order valence-electron chi connectivity index (χ0n) is 12.3. The molecule has 0 bridgehead atoms. The van der Waals surface area contributed by atoms with Crippen LogP contribution < -0.4 is 5.73 Å². The van der Waals surface area contributed by atoms with E-state index >= 15 is 0 Å². The van der Waals surface area contributed by atoms with Crippen LogP contribution in [0.3, 0.4) is 0 Å². The lowest BCUT2D eigenvalue weighted by molar-refractivity contribution is -0.147. The van der Waals surface area contributed by atoms with Gasteiger partial charge in [-0.15, -0.1) is 0 Å². The molecule has 0 aromatic heterocycles. The van der Waals surface area contributed by atoms with Gasteiger partial charge in [0.1, 0.15) is 5.82 Å². The minimum Gasteiger partial charge on any atom is -0.343 e. The number of hydrogen-bond donors (Lipinski definition) is 1. The van der Waals surface area contributed by atoms with Gasteiger partial charge in [0.25, 0.3) is 0 Å². The molecule has 0 atom stereocenters. The highest BCUT2D eigenvalue weighted by Crippen LogP contribution is 2.25. The van der Waals surface area contributed by atoms with Crippen LogP contribution in [0.4, 0.5) is 4.39 Å². The molecule has 1 aromatic rings. The van der Waals surface area contributed by atoms with Crippen LogP contribution in [0.5, 0.6) is 0 Å². The quantitative estimate of drug-likeness (QED) is 0.908. The third kappa shape index (κ3) is 2.69. The number of likely N-dealkylation sites (N-methyl/N-ethyl adjacent to an activating group) is 1. The lowest BCUT2D eigenvalue weighted by Crippen LogP contribution is -2.61. The van der Waals surface area contributed by atoms with Crippen LogP contribution >= 0.6 is 0 Å². The topological polar surface area (TPSA) is 49.6 Å². The van der Waals surface area contributed by atoms with Crippen molar-refractivity contribution >= 4 is 5.91 Å². The first-order valence-corrected chi connectivity index (χ1v) is 6.84. The molecule has 0 saturated carbocycles. The van der Waals surface area contributed by atoms with Crippen molar-refractivity contribution in [2.24, 2.45) is 5.73 Å². The molecule has 20 heavy (non-hydrogen) atoms. The maximum atomic E-state index is 14.0. The minimum absolute atomic E-state index is 0.0720. The summed E-state index contributed by atoms with van der Waals surface area (Å²) in [6.07, 6.45) is 0. The van der Waals surface area contributed by atoms with Crippen molar-refractivity contribution in [3.05, 3.63) is 35.1 Å². The van der Waals surface area contributed by atoms with Crippen molar-refractivity contribution in [3.8, 4) is 0 Å². The minimum atomic E-state index is -0.605. The van der Waals surface area contributed by atoms with Crippen molar-refractivity contribution in [2.75, 3.05) is 20.1 Å². The number of hydrogen-bond acceptors (Lipinski definition) is 3. The molecule has 110 valence electrons. The molecule has 1 aromatic carbocycles. The molecule has 4 nitrogen and oxygen atoms in total. The number of piperazine rings is 1. The molecule has 1 aliphatic heterocycles. The van der Waals surface area contributed by atoms with E-state index in [1.54, 1.807) is 18.0 Å². The van der Waals surface area contributed by atoms with Gasteiger partial charge in [0.2, 0.25) is 5.91 Å². The average molecular weight is 279 g/mol. The Morgan fingerprint density at radius 1 is 1.35 bits per heavy atom. The second-order valence-electron chi connectivity index (χ2n) is 5.84. The van der Waals surface area contributed by atoms with Crippen molar-refractivity contribution in [3.63, 3.8) is 0 Å². The summed E-state index contributed by atoms with van der Waals surface area (Å²) in [7, 11) is 1.80. The molecule has 1 aliphatic rings. The highest BCUT2D eigenvalue weighted by Gasteiger charge is 2.40. The summed E-state index contributed by atoms with van der Waals surface area (Å²) < 4.78 is 14.0. The first-order valence-electron chi connectivity index (χ1n) is 6.84. The number of amides is 1. The Kier molecular flexibility index (Phi) is 4.11. The normalized spacial score (nSPS) is 19.4. The molecule has 2 N–H and O–H groups in total. The molecule has 2 rings (SSSR count). The zero-order valence-corrected chi connectivity index (χ0v) is 12.3. The van der Waals surface area contributed by atoms with Gasteiger partial charge in [-0.05, 0) is 25.5 Å². The standard InChI is InChI=1S/C15H22FN3O/c1-15(2)14(20)18(3)6-7-19(15)10-12-5-4-11(9-17)8-13(12)16/h4-5,8H,6-7,9-10,17H2,1-3H3. The molecule has 0 spiro atoms. The van der Waals surface area contributed by atoms with E-state index in [-0.39, 0.29) is 11.7 Å². The molecule has 1 heterocycles. The van der Waals surface area contributed by atoms with Gasteiger partial charge in [-0.25, -0.2) is 4.39 Å². The number of carbonyl (C=O) groups is 1. The summed E-state index contributed by atoms with van der Waals surface area (Å²) >= 11 is 0. The summed E-state index contributed by atoms with van der Waals surface area (Å²) in [6.45, 7) is 5.95. The van der Waals surface area contributed by atoms with Gasteiger partial charge in [0.05, 0.1) is 5.54 Å². The predicted octanol–water partition coefficient (Wildman–Crippen LogP) is 1.34. The Labute approximate surface area is 119 Å². The summed E-state index contributed by atoms with van der Waals surface area (Å²) in [5.41, 5.74) is 6.28. The van der Waals surface area contributed by atoms with E-state index in [0.29, 0.717) is 25.2 Å². The third-order valence-corrected chi connectivity index (χ3v) is 4.08. The smallest absolute Gasteiger partial charge is 0.242 e. The van der Waals surface area contributed by atoms with Crippen molar-refractivity contribution in [2.45, 2.75) is 32.5 Å². The average Bonchev–Trinajstić information content (AvgIpc) is 2.41. The molecule has 5 heteroatoms. The molecular weight excluding hydrogens is 257 g/mol. The second kappa shape index (κ2) is 5.50. The van der Waals surface area contributed by atoms with Crippen LogP contribution in [0.15, 0.2) is 18.2 Å². The SMILES string of the molecule is CN1CCN(Cc2ccc(CN)cc2F)C(C)(C)C1=O. The molecule has 1 amide bonds. The van der Waals surface area contributed by atoms with Gasteiger partial charge in [0, 0.05) is 38.8 Å². The number of carbonyl (C=O) groups excluding carboxylic acids is 1. The van der Waals surface area contributed by atoms with Gasteiger partial charge in [-0.3, -0.25) is 9.69 Å². The number of rotatable bonds is 3. The summed E-state index contributed by atoms with van der Waals surface area (Å²) in [5.74, 6) is -0.183. The zero-order chi connectivity index (χ0) is 14.9. The van der Waals surface area contributed by atoms with E-state index in [4.69, 9.17) is 5.73 Å². The van der Waals surface area contributed by atoms with Gasteiger partial charge >= 0.3 is 0 Å². The van der Waals surface area contributed by atoms with Crippen LogP contribution in [0.2, 0.25) is 0 Å². The van der Waals surface area contributed by atoms with E-state index in [1.807, 2.05) is 24.8 Å². The van der Waals surface area contributed by atoms with Crippen molar-refractivity contribution in [1.29, 1.82) is 0 Å². The van der Waals surface area contributed by atoms with E-state index in [1.165, 1.54) is 6.07 Å². The fourth-order valence-electron chi connectivity index (χ4n) is 2.58. The molecule has 0 unspecified atom stereocenters. The highest BCUT2D eigenvalue weighted by atomic mass is 19.1. The monoisotopic (exact) mass is 279 g/mol. The summed E-state index contributed by atoms with van der Waals surface area (Å²) in [4.78, 5) is 16.0. The van der Waals surface area contributed by atoms with Crippen LogP contribution in [0.25, 0.3) is 0 Å². The van der Waals surface area contributed by atoms with Crippen LogP contribution in [0, 0.1) is 5.82 Å². The Morgan fingerprint density at radius 2 is 2.05 bits per heavy atom. The first kappa shape index (κ1) is 14.9. The number of nitrogens with zero attached hydrogens (tertiary/aromatic N) is 2. The fraction of sp³-hybridized carbons (Fsp3) is 0.533. The highest BCUT2D eigenvalue weighted by molar-refractivity contribution is 5.86. The van der Waals surface area contributed by atoms with Crippen LogP contribution in [-0.2, 0) is 17.9 Å². The largest absolute Gasteiger partial charge is 0.343 e. The van der Waals surface area contributed by atoms with E-state index in [9.17, 15) is 9.18 Å². The third-order valence-electron chi connectivity index (χ3n) is 4.08. The Balaban J connectivity index is 2.19. The lowest BCUT2D eigenvalue weighted by Gasteiger charge is -2.44. The fourth-order valence-corrected chi connectivity index (χ4v) is 2.58. The Hall–Kier alpha value is -1.46. The van der Waals surface area contributed by atoms with Gasteiger partial charge in [-0.1, -0.05) is 12.1 Å². The Bertz CT molecular complexity index is 516. The molecule has 1 saturated heterocycles. The molecule has 0 aliphatic carbocycles. The molecule has 1 fully saturated rings. The van der Waals surface area contributed by atoms with E-state index < -0.39 is 5.54 Å². The van der Waals surface area contributed by atoms with Crippen molar-refractivity contribution in [1.82, 2.24) is 9.80 Å². The van der Waals surface area contributed by atoms with E-state index in [0.717, 1.165) is 12.1 Å². The van der Waals surface area contributed by atoms with Gasteiger partial charge < -0.3 is 10.6 Å². The van der Waals surface area contributed by atoms with Crippen LogP contribution in [0.1, 0.15) is 25.0 Å². The number of nitrogens with two attached hydrogens (primary N) is 1. The van der Waals surface area contributed by atoms with E-state index in [2.05, 4.69) is 0 Å². The summed E-state index contributed by atoms with van der Waals surface area (Å²) in [5, 5.41) is 0. The first-order chi connectivity index (χ1) is 9.36. The summed E-state index contributed by atoms with van der Waals surface area (Å²) in [6, 6.07) is 5.07. The van der Waals surface area contributed by atoms with Gasteiger partial charge in [-0.2, -0.15) is 0 Å². The van der Waals surface area contributed by atoms with Crippen LogP contribution in [-0.4, -0.2) is 41.4 Å². The molecule has 0 radical (unpaired) electrons. The molecular formula is C15H22FN3O. The van der Waals surface area contributed by atoms with Gasteiger partial charge in [0.15, 0.2) is 0 Å². The maximum Gasteiger partial charge on any atom is 0.242 e. The number of halogens is 1. The predicted molar refractivity (Wildman–Crippen MR) is 76.4 cm³/mol. The second-order valence-corrected chi connectivity index (χ2v) is 5.84. The Morgan fingerprint density at radius 3 is 2.65 bits per heavy atom. The lowest BCUT2D eigenvalue weighted by atomic mass is 9.96. The number of benzene rings is 1. The van der Waals surface area contributed by atoms with Crippen molar-refractivity contribution < 1.29 is 9.18 Å². The maximum absolute atomic E-state index is 14.0.